The van der Waals surface area contributed by atoms with Gasteiger partial charge in [-0.25, -0.2) is 4.79 Å². The van der Waals surface area contributed by atoms with Crippen LogP contribution in [0.5, 0.6) is 11.5 Å². The number of Topliss-reactive ketones (excluding diaryl/α,β-unsaturated/α-hetero) is 1. The highest BCUT2D eigenvalue weighted by molar-refractivity contribution is 6.13. The number of urea groups is 1. The number of ether oxygens (including phenoxy) is 1. The third-order valence-corrected chi connectivity index (χ3v) is 5.98. The van der Waals surface area contributed by atoms with Gasteiger partial charge in [-0.3, -0.25) is 14.5 Å². The van der Waals surface area contributed by atoms with Crippen LogP contribution >= 0.6 is 0 Å². The Hall–Kier alpha value is -4.71. The summed E-state index contributed by atoms with van der Waals surface area (Å²) in [5, 5.41) is 2.86. The van der Waals surface area contributed by atoms with Gasteiger partial charge in [0.25, 0.3) is 5.91 Å². The number of amides is 3. The maximum absolute atomic E-state index is 13.7. The fourth-order valence-corrected chi connectivity index (χ4v) is 4.22. The van der Waals surface area contributed by atoms with Crippen molar-refractivity contribution in [2.75, 3.05) is 6.54 Å². The summed E-state index contributed by atoms with van der Waals surface area (Å²) < 4.78 is 5.77. The van der Waals surface area contributed by atoms with Gasteiger partial charge in [0.15, 0.2) is 11.3 Å². The Balaban J connectivity index is 1.38. The van der Waals surface area contributed by atoms with Gasteiger partial charge >= 0.3 is 6.03 Å². The van der Waals surface area contributed by atoms with Crippen molar-refractivity contribution >= 4 is 17.7 Å². The van der Waals surface area contributed by atoms with E-state index >= 15 is 0 Å². The zero-order valence-electron chi connectivity index (χ0n) is 18.8. The first-order chi connectivity index (χ1) is 17.1. The number of hydrogen-bond donors (Lipinski definition) is 1. The summed E-state index contributed by atoms with van der Waals surface area (Å²) in [6, 6.07) is 33.4. The van der Waals surface area contributed by atoms with Gasteiger partial charge in [0.1, 0.15) is 11.5 Å². The molecular weight excluding hydrogens is 440 g/mol. The fraction of sp³-hybridized carbons (Fsp3) is 0.0690. The van der Waals surface area contributed by atoms with Crippen molar-refractivity contribution < 1.29 is 19.1 Å². The molecule has 6 heteroatoms. The Labute approximate surface area is 202 Å². The summed E-state index contributed by atoms with van der Waals surface area (Å²) in [7, 11) is 0. The molecule has 1 aliphatic heterocycles. The van der Waals surface area contributed by atoms with E-state index in [-0.39, 0.29) is 12.3 Å². The van der Waals surface area contributed by atoms with Crippen LogP contribution in [0.25, 0.3) is 0 Å². The molecule has 0 aromatic heterocycles. The molecule has 6 nitrogen and oxygen atoms in total. The first kappa shape index (κ1) is 22.1. The second-order valence-electron chi connectivity index (χ2n) is 8.17. The van der Waals surface area contributed by atoms with Crippen LogP contribution in [0.1, 0.15) is 21.5 Å². The first-order valence-corrected chi connectivity index (χ1v) is 11.2. The third-order valence-electron chi connectivity index (χ3n) is 5.98. The summed E-state index contributed by atoms with van der Waals surface area (Å²) in [5.74, 6) is 0.424. The van der Waals surface area contributed by atoms with Gasteiger partial charge in [-0.15, -0.1) is 0 Å². The lowest BCUT2D eigenvalue weighted by atomic mass is 9.82. The molecule has 0 bridgehead atoms. The fourth-order valence-electron chi connectivity index (χ4n) is 4.22. The van der Waals surface area contributed by atoms with Crippen molar-refractivity contribution in [3.63, 3.8) is 0 Å². The molecule has 35 heavy (non-hydrogen) atoms. The number of nitrogens with zero attached hydrogens (tertiary/aromatic N) is 1. The van der Waals surface area contributed by atoms with E-state index in [0.717, 1.165) is 4.90 Å². The molecule has 0 saturated carbocycles. The number of carbonyl (C=O) groups is 3. The molecule has 0 radical (unpaired) electrons. The van der Waals surface area contributed by atoms with Crippen LogP contribution in [0.2, 0.25) is 0 Å². The van der Waals surface area contributed by atoms with E-state index in [1.165, 1.54) is 0 Å². The Bertz CT molecular complexity index is 1310. The largest absolute Gasteiger partial charge is 0.457 e. The molecule has 1 N–H and O–H groups in total. The monoisotopic (exact) mass is 462 g/mol. The van der Waals surface area contributed by atoms with E-state index < -0.39 is 17.5 Å². The van der Waals surface area contributed by atoms with E-state index in [1.54, 1.807) is 48.5 Å². The van der Waals surface area contributed by atoms with E-state index in [1.807, 2.05) is 66.7 Å². The molecule has 0 spiro atoms. The summed E-state index contributed by atoms with van der Waals surface area (Å²) in [6.45, 7) is -0.370. The molecule has 4 aromatic carbocycles. The predicted octanol–water partition coefficient (Wildman–Crippen LogP) is 5.16. The van der Waals surface area contributed by atoms with Crippen molar-refractivity contribution in [3.05, 3.63) is 132 Å². The maximum atomic E-state index is 13.7. The summed E-state index contributed by atoms with van der Waals surface area (Å²) in [5.41, 5.74) is 0.236. The van der Waals surface area contributed by atoms with Crippen LogP contribution in [0, 0.1) is 0 Å². The summed E-state index contributed by atoms with van der Waals surface area (Å²) in [4.78, 5) is 40.7. The number of nitrogens with one attached hydrogen (secondary N) is 1. The SMILES string of the molecule is O=C(CN1C(=O)NC(c2ccccc2)(c2ccccc2)C1=O)c1ccc(Oc2ccccc2)cc1. The van der Waals surface area contributed by atoms with Gasteiger partial charge in [-0.2, -0.15) is 0 Å². The lowest BCUT2D eigenvalue weighted by Crippen LogP contribution is -2.45. The number of hydrogen-bond acceptors (Lipinski definition) is 4. The molecule has 4 aromatic rings. The highest BCUT2D eigenvalue weighted by Crippen LogP contribution is 2.36. The molecule has 1 saturated heterocycles. The van der Waals surface area contributed by atoms with Crippen molar-refractivity contribution in [1.82, 2.24) is 10.2 Å². The van der Waals surface area contributed by atoms with Gasteiger partial charge in [0.05, 0.1) is 6.54 Å². The van der Waals surface area contributed by atoms with Gasteiger partial charge in [-0.1, -0.05) is 78.9 Å². The van der Waals surface area contributed by atoms with E-state index in [0.29, 0.717) is 28.2 Å². The molecule has 172 valence electrons. The minimum atomic E-state index is -1.40. The van der Waals surface area contributed by atoms with Crippen LogP contribution in [0.4, 0.5) is 4.79 Å². The zero-order chi connectivity index (χ0) is 24.3. The lowest BCUT2D eigenvalue weighted by molar-refractivity contribution is -0.129. The quantitative estimate of drug-likeness (QED) is 0.304. The second kappa shape index (κ2) is 9.27. The topological polar surface area (TPSA) is 75.7 Å². The standard InChI is InChI=1S/C29H22N2O4/c32-26(21-16-18-25(19-17-21)35-24-14-8-3-9-15-24)20-31-27(33)29(30-28(31)34,22-10-4-1-5-11-22)23-12-6-2-7-13-23/h1-19H,20H2,(H,30,34). The predicted molar refractivity (Wildman–Crippen MR) is 131 cm³/mol. The van der Waals surface area contributed by atoms with E-state index in [4.69, 9.17) is 4.74 Å². The van der Waals surface area contributed by atoms with Crippen molar-refractivity contribution in [2.45, 2.75) is 5.54 Å². The number of carbonyl (C=O) groups excluding carboxylic acids is 3. The minimum Gasteiger partial charge on any atom is -0.457 e. The van der Waals surface area contributed by atoms with Crippen molar-refractivity contribution in [3.8, 4) is 11.5 Å². The highest BCUT2D eigenvalue weighted by atomic mass is 16.5. The van der Waals surface area contributed by atoms with Crippen molar-refractivity contribution in [1.29, 1.82) is 0 Å². The average molecular weight is 463 g/mol. The van der Waals surface area contributed by atoms with Gasteiger partial charge in [0, 0.05) is 5.56 Å². The zero-order valence-corrected chi connectivity index (χ0v) is 18.8. The lowest BCUT2D eigenvalue weighted by Gasteiger charge is -2.28. The van der Waals surface area contributed by atoms with Crippen LogP contribution in [0.3, 0.4) is 0 Å². The van der Waals surface area contributed by atoms with Gasteiger partial charge in [0.2, 0.25) is 0 Å². The van der Waals surface area contributed by atoms with Gasteiger partial charge in [-0.05, 0) is 47.5 Å². The number of imide groups is 1. The molecule has 0 unspecified atom stereocenters. The first-order valence-electron chi connectivity index (χ1n) is 11.2. The molecule has 1 heterocycles. The van der Waals surface area contributed by atoms with Crippen LogP contribution in [-0.2, 0) is 10.3 Å². The molecule has 0 atom stereocenters. The second-order valence-corrected chi connectivity index (χ2v) is 8.17. The number of rotatable bonds is 7. The summed E-state index contributed by atoms with van der Waals surface area (Å²) in [6.07, 6.45) is 0. The molecule has 1 aliphatic rings. The minimum absolute atomic E-state index is 0.350. The Morgan fingerprint density at radius 3 is 1.71 bits per heavy atom. The summed E-state index contributed by atoms with van der Waals surface area (Å²) >= 11 is 0. The van der Waals surface area contributed by atoms with Crippen LogP contribution in [-0.4, -0.2) is 29.2 Å². The average Bonchev–Trinajstić information content (AvgIpc) is 3.16. The molecule has 1 fully saturated rings. The molecule has 0 aliphatic carbocycles. The Kier molecular flexibility index (Phi) is 5.85. The Morgan fingerprint density at radius 1 is 0.686 bits per heavy atom. The highest BCUT2D eigenvalue weighted by Gasteiger charge is 2.54. The third kappa shape index (κ3) is 4.17. The number of para-hydroxylation sites is 1. The van der Waals surface area contributed by atoms with Crippen molar-refractivity contribution in [2.24, 2.45) is 0 Å². The Morgan fingerprint density at radius 2 is 1.17 bits per heavy atom. The molecule has 5 rings (SSSR count). The van der Waals surface area contributed by atoms with Crippen LogP contribution in [0.15, 0.2) is 115 Å². The molecular formula is C29H22N2O4. The number of benzene rings is 4. The maximum Gasteiger partial charge on any atom is 0.325 e. The van der Waals surface area contributed by atoms with Crippen LogP contribution < -0.4 is 10.1 Å². The normalized spacial score (nSPS) is 14.5. The smallest absolute Gasteiger partial charge is 0.325 e. The van der Waals surface area contributed by atoms with E-state index in [9.17, 15) is 14.4 Å². The number of ketones is 1. The van der Waals surface area contributed by atoms with E-state index in [2.05, 4.69) is 5.32 Å². The molecule has 3 amide bonds. The van der Waals surface area contributed by atoms with Gasteiger partial charge < -0.3 is 10.1 Å².